The van der Waals surface area contributed by atoms with Gasteiger partial charge in [-0.2, -0.15) is 0 Å². The van der Waals surface area contributed by atoms with Crippen LogP contribution in [0, 0.1) is 13.8 Å². The first-order chi connectivity index (χ1) is 9.06. The van der Waals surface area contributed by atoms with Gasteiger partial charge >= 0.3 is 0 Å². The van der Waals surface area contributed by atoms with Crippen LogP contribution in [0.25, 0.3) is 0 Å². The van der Waals surface area contributed by atoms with E-state index in [1.807, 2.05) is 33.2 Å². The van der Waals surface area contributed by atoms with Gasteiger partial charge in [0.2, 0.25) is 5.91 Å². The Bertz CT molecular complexity index is 419. The zero-order valence-electron chi connectivity index (χ0n) is 12.3. The molecule has 0 heterocycles. The molecular weight excluding hydrogens is 240 g/mol. The molecule has 1 aromatic rings. The lowest BCUT2D eigenvalue weighted by molar-refractivity contribution is -0.130. The summed E-state index contributed by atoms with van der Waals surface area (Å²) in [5.41, 5.74) is 2.34. The van der Waals surface area contributed by atoms with E-state index in [0.29, 0.717) is 13.0 Å². The van der Waals surface area contributed by atoms with Crippen molar-refractivity contribution in [2.45, 2.75) is 20.3 Å². The summed E-state index contributed by atoms with van der Waals surface area (Å²) in [5, 5.41) is 3.02. The van der Waals surface area contributed by atoms with Crippen molar-refractivity contribution in [1.82, 2.24) is 10.2 Å². The molecule has 4 heteroatoms. The lowest BCUT2D eigenvalue weighted by Gasteiger charge is -2.17. The average molecular weight is 264 g/mol. The minimum Gasteiger partial charge on any atom is -0.493 e. The highest BCUT2D eigenvalue weighted by atomic mass is 16.5. The number of rotatable bonds is 7. The molecule has 0 saturated carbocycles. The van der Waals surface area contributed by atoms with Crippen LogP contribution >= 0.6 is 0 Å². The number of nitrogens with one attached hydrogen (secondary N) is 1. The van der Waals surface area contributed by atoms with Gasteiger partial charge in [-0.05, 0) is 38.1 Å². The van der Waals surface area contributed by atoms with E-state index in [1.165, 1.54) is 5.56 Å². The highest BCUT2D eigenvalue weighted by Gasteiger charge is 2.08. The molecule has 0 saturated heterocycles. The number of hydrogen-bond donors (Lipinski definition) is 1. The zero-order valence-corrected chi connectivity index (χ0v) is 12.3. The van der Waals surface area contributed by atoms with Crippen LogP contribution in [-0.4, -0.2) is 44.6 Å². The molecule has 1 N–H and O–H groups in total. The average Bonchev–Trinajstić information content (AvgIpc) is 2.40. The van der Waals surface area contributed by atoms with Crippen LogP contribution in [-0.2, 0) is 4.79 Å². The molecule has 4 nitrogen and oxygen atoms in total. The smallest absolute Gasteiger partial charge is 0.225 e. The molecule has 0 unspecified atom stereocenters. The van der Waals surface area contributed by atoms with Crippen molar-refractivity contribution >= 4 is 5.91 Å². The van der Waals surface area contributed by atoms with Gasteiger partial charge in [0, 0.05) is 20.1 Å². The Morgan fingerprint density at radius 3 is 2.79 bits per heavy atom. The maximum absolute atomic E-state index is 11.8. The van der Waals surface area contributed by atoms with E-state index in [1.54, 1.807) is 4.90 Å². The molecule has 106 valence electrons. The fourth-order valence-electron chi connectivity index (χ4n) is 1.72. The standard InChI is InChI=1S/C15H24N2O2/c1-12-6-5-7-14(13(12)2)19-11-8-15(18)17(4)10-9-16-3/h5-7,16H,8-11H2,1-4H3. The summed E-state index contributed by atoms with van der Waals surface area (Å²) in [6.45, 7) is 6.04. The molecule has 0 aromatic heterocycles. The number of likely N-dealkylation sites (N-methyl/N-ethyl adjacent to an activating group) is 2. The van der Waals surface area contributed by atoms with Crippen LogP contribution in [0.3, 0.4) is 0 Å². The van der Waals surface area contributed by atoms with Gasteiger partial charge in [0.25, 0.3) is 0 Å². The molecule has 0 aliphatic carbocycles. The monoisotopic (exact) mass is 264 g/mol. The zero-order chi connectivity index (χ0) is 14.3. The number of aryl methyl sites for hydroxylation is 1. The quantitative estimate of drug-likeness (QED) is 0.816. The number of carbonyl (C=O) groups is 1. The van der Waals surface area contributed by atoms with Crippen molar-refractivity contribution in [3.05, 3.63) is 29.3 Å². The van der Waals surface area contributed by atoms with Gasteiger partial charge in [0.15, 0.2) is 0 Å². The predicted octanol–water partition coefficient (Wildman–Crippen LogP) is 1.75. The van der Waals surface area contributed by atoms with Crippen molar-refractivity contribution < 1.29 is 9.53 Å². The first kappa shape index (κ1) is 15.5. The number of carbonyl (C=O) groups excluding carboxylic acids is 1. The van der Waals surface area contributed by atoms with Crippen molar-refractivity contribution in [2.75, 3.05) is 33.8 Å². The first-order valence-corrected chi connectivity index (χ1v) is 6.64. The van der Waals surface area contributed by atoms with Crippen LogP contribution < -0.4 is 10.1 Å². The highest BCUT2D eigenvalue weighted by Crippen LogP contribution is 2.20. The second-order valence-electron chi connectivity index (χ2n) is 4.72. The second kappa shape index (κ2) is 7.79. The molecule has 0 aliphatic rings. The maximum atomic E-state index is 11.8. The lowest BCUT2D eigenvalue weighted by atomic mass is 10.1. The van der Waals surface area contributed by atoms with Crippen molar-refractivity contribution in [3.63, 3.8) is 0 Å². The molecule has 0 bridgehead atoms. The van der Waals surface area contributed by atoms with Crippen LogP contribution in [0.4, 0.5) is 0 Å². The minimum atomic E-state index is 0.112. The van der Waals surface area contributed by atoms with Crippen molar-refractivity contribution in [1.29, 1.82) is 0 Å². The topological polar surface area (TPSA) is 41.6 Å². The summed E-state index contributed by atoms with van der Waals surface area (Å²) in [7, 11) is 3.69. The van der Waals surface area contributed by atoms with Gasteiger partial charge in [-0.15, -0.1) is 0 Å². The number of benzene rings is 1. The van der Waals surface area contributed by atoms with Gasteiger partial charge < -0.3 is 15.0 Å². The van der Waals surface area contributed by atoms with E-state index < -0.39 is 0 Å². The van der Waals surface area contributed by atoms with Crippen LogP contribution in [0.5, 0.6) is 5.75 Å². The van der Waals surface area contributed by atoms with Gasteiger partial charge in [0.05, 0.1) is 13.0 Å². The number of ether oxygens (including phenoxy) is 1. The summed E-state index contributed by atoms with van der Waals surface area (Å²) < 4.78 is 5.68. The Morgan fingerprint density at radius 1 is 1.37 bits per heavy atom. The fraction of sp³-hybridized carbons (Fsp3) is 0.533. The van der Waals surface area contributed by atoms with Gasteiger partial charge in [-0.25, -0.2) is 0 Å². The molecule has 0 radical (unpaired) electrons. The van der Waals surface area contributed by atoms with Crippen molar-refractivity contribution in [2.24, 2.45) is 0 Å². The Kier molecular flexibility index (Phi) is 6.36. The SMILES string of the molecule is CNCCN(C)C(=O)CCOc1cccc(C)c1C. The molecule has 1 aromatic carbocycles. The Labute approximate surface area is 115 Å². The molecule has 1 amide bonds. The van der Waals surface area contributed by atoms with E-state index in [-0.39, 0.29) is 5.91 Å². The summed E-state index contributed by atoms with van der Waals surface area (Å²) >= 11 is 0. The summed E-state index contributed by atoms with van der Waals surface area (Å²) in [6, 6.07) is 5.97. The third-order valence-corrected chi connectivity index (χ3v) is 3.25. The minimum absolute atomic E-state index is 0.112. The summed E-state index contributed by atoms with van der Waals surface area (Å²) in [6.07, 6.45) is 0.410. The van der Waals surface area contributed by atoms with Crippen LogP contribution in [0.1, 0.15) is 17.5 Å². The molecule has 0 aliphatic heterocycles. The lowest BCUT2D eigenvalue weighted by Crippen LogP contribution is -2.33. The van der Waals surface area contributed by atoms with Gasteiger partial charge in [-0.1, -0.05) is 12.1 Å². The fourth-order valence-corrected chi connectivity index (χ4v) is 1.72. The summed E-state index contributed by atoms with van der Waals surface area (Å²) in [4.78, 5) is 13.5. The van der Waals surface area contributed by atoms with E-state index in [9.17, 15) is 4.79 Å². The van der Waals surface area contributed by atoms with Gasteiger partial charge in [-0.3, -0.25) is 4.79 Å². The van der Waals surface area contributed by atoms with Crippen LogP contribution in [0.2, 0.25) is 0 Å². The van der Waals surface area contributed by atoms with Crippen LogP contribution in [0.15, 0.2) is 18.2 Å². The Hall–Kier alpha value is -1.55. The molecular formula is C15H24N2O2. The molecule has 19 heavy (non-hydrogen) atoms. The Morgan fingerprint density at radius 2 is 2.11 bits per heavy atom. The first-order valence-electron chi connectivity index (χ1n) is 6.64. The second-order valence-corrected chi connectivity index (χ2v) is 4.72. The Balaban J connectivity index is 2.37. The van der Waals surface area contributed by atoms with Crippen molar-refractivity contribution in [3.8, 4) is 5.75 Å². The predicted molar refractivity (Wildman–Crippen MR) is 77.6 cm³/mol. The normalized spacial score (nSPS) is 10.3. The molecule has 1 rings (SSSR count). The molecule has 0 atom stereocenters. The van der Waals surface area contributed by atoms with E-state index in [2.05, 4.69) is 18.3 Å². The van der Waals surface area contributed by atoms with E-state index in [4.69, 9.17) is 4.74 Å². The molecule has 0 fully saturated rings. The third kappa shape index (κ3) is 4.91. The van der Waals surface area contributed by atoms with Gasteiger partial charge in [0.1, 0.15) is 5.75 Å². The number of amides is 1. The molecule has 0 spiro atoms. The highest BCUT2D eigenvalue weighted by molar-refractivity contribution is 5.76. The van der Waals surface area contributed by atoms with E-state index in [0.717, 1.165) is 24.4 Å². The maximum Gasteiger partial charge on any atom is 0.225 e. The third-order valence-electron chi connectivity index (χ3n) is 3.25. The largest absolute Gasteiger partial charge is 0.493 e. The number of nitrogens with zero attached hydrogens (tertiary/aromatic N) is 1. The summed E-state index contributed by atoms with van der Waals surface area (Å²) in [5.74, 6) is 0.978. The van der Waals surface area contributed by atoms with E-state index >= 15 is 0 Å². The number of hydrogen-bond acceptors (Lipinski definition) is 3.